The van der Waals surface area contributed by atoms with Gasteiger partial charge in [-0.3, -0.25) is 14.9 Å². The predicted octanol–water partition coefficient (Wildman–Crippen LogP) is 0.0924. The quantitative estimate of drug-likeness (QED) is 0.736. The third-order valence-electron chi connectivity index (χ3n) is 2.46. The number of imide groups is 1. The lowest BCUT2D eigenvalue weighted by molar-refractivity contribution is -0.133. The molecule has 1 atom stereocenters. The van der Waals surface area contributed by atoms with Gasteiger partial charge >= 0.3 is 0 Å². The lowest BCUT2D eigenvalue weighted by Crippen LogP contribution is -2.47. The number of nitrogens with one attached hydrogen (secondary N) is 2. The van der Waals surface area contributed by atoms with Crippen LogP contribution in [0.3, 0.4) is 0 Å². The summed E-state index contributed by atoms with van der Waals surface area (Å²) in [6, 6.07) is 1.15. The molecule has 1 unspecified atom stereocenters. The Morgan fingerprint density at radius 3 is 3.11 bits per heavy atom. The van der Waals surface area contributed by atoms with Crippen molar-refractivity contribution in [1.29, 1.82) is 0 Å². The van der Waals surface area contributed by atoms with Crippen molar-refractivity contribution in [3.63, 3.8) is 0 Å². The molecule has 0 aliphatic carbocycles. The summed E-state index contributed by atoms with van der Waals surface area (Å²) in [5, 5.41) is 5.15. The van der Waals surface area contributed by atoms with Crippen molar-refractivity contribution in [2.75, 3.05) is 11.9 Å². The van der Waals surface area contributed by atoms with Gasteiger partial charge in [0.25, 0.3) is 0 Å². The first-order valence-electron chi connectivity index (χ1n) is 5.75. The molecule has 0 aromatic carbocycles. The zero-order valence-corrected chi connectivity index (χ0v) is 9.97. The minimum atomic E-state index is -0.487. The zero-order chi connectivity index (χ0) is 13.0. The van der Waals surface area contributed by atoms with Crippen LogP contribution in [0, 0.1) is 0 Å². The number of hydrogen-bond donors (Lipinski definition) is 2. The van der Waals surface area contributed by atoms with E-state index in [1.165, 1.54) is 0 Å². The number of aromatic nitrogens is 2. The minimum absolute atomic E-state index is 0.248. The summed E-state index contributed by atoms with van der Waals surface area (Å²) in [4.78, 5) is 30.6. The van der Waals surface area contributed by atoms with E-state index >= 15 is 0 Å². The molecule has 1 aliphatic heterocycles. The number of nitrogens with zero attached hydrogens (tertiary/aromatic N) is 2. The molecular formula is C11H14N4O3. The number of rotatable bonds is 4. The van der Waals surface area contributed by atoms with Crippen LogP contribution < -0.4 is 15.4 Å². The van der Waals surface area contributed by atoms with E-state index in [0.29, 0.717) is 31.3 Å². The third-order valence-corrected chi connectivity index (χ3v) is 2.46. The summed E-state index contributed by atoms with van der Waals surface area (Å²) in [6.07, 6.45) is 2.30. The summed E-state index contributed by atoms with van der Waals surface area (Å²) in [6.45, 7) is 2.37. The standard InChI is InChI=1S/C11H14N4O3/c1-2-18-9-5-6-12-11(15-9)13-7-3-4-8(16)14-10(7)17/h5-7H,2-4H2,1H3,(H,12,13,15)(H,14,16,17). The Balaban J connectivity index is 2.02. The van der Waals surface area contributed by atoms with Gasteiger partial charge in [-0.1, -0.05) is 0 Å². The van der Waals surface area contributed by atoms with Crippen LogP contribution in [0.15, 0.2) is 12.3 Å². The van der Waals surface area contributed by atoms with Gasteiger partial charge in [0.2, 0.25) is 23.6 Å². The summed E-state index contributed by atoms with van der Waals surface area (Å²) in [7, 11) is 0. The zero-order valence-electron chi connectivity index (χ0n) is 9.97. The fraction of sp³-hybridized carbons (Fsp3) is 0.455. The fourth-order valence-electron chi connectivity index (χ4n) is 1.63. The molecule has 2 amide bonds. The van der Waals surface area contributed by atoms with Gasteiger partial charge in [0.15, 0.2) is 0 Å². The van der Waals surface area contributed by atoms with Crippen molar-refractivity contribution in [3.8, 4) is 5.88 Å². The first kappa shape index (κ1) is 12.3. The second-order valence-corrected chi connectivity index (χ2v) is 3.80. The first-order chi connectivity index (χ1) is 8.69. The highest BCUT2D eigenvalue weighted by atomic mass is 16.5. The molecule has 1 fully saturated rings. The van der Waals surface area contributed by atoms with Crippen LogP contribution in [0.25, 0.3) is 0 Å². The molecule has 7 heteroatoms. The molecular weight excluding hydrogens is 236 g/mol. The molecule has 0 saturated carbocycles. The number of ether oxygens (including phenoxy) is 1. The van der Waals surface area contributed by atoms with Gasteiger partial charge in [0, 0.05) is 18.7 Å². The average molecular weight is 250 g/mol. The predicted molar refractivity (Wildman–Crippen MR) is 63.0 cm³/mol. The molecule has 1 aliphatic rings. The van der Waals surface area contributed by atoms with Crippen molar-refractivity contribution in [2.24, 2.45) is 0 Å². The van der Waals surface area contributed by atoms with Crippen molar-refractivity contribution >= 4 is 17.8 Å². The maximum atomic E-state index is 11.5. The van der Waals surface area contributed by atoms with Crippen molar-refractivity contribution < 1.29 is 14.3 Å². The number of hydrogen-bond acceptors (Lipinski definition) is 6. The van der Waals surface area contributed by atoms with Crippen LogP contribution in [0.5, 0.6) is 5.88 Å². The van der Waals surface area contributed by atoms with E-state index in [0.717, 1.165) is 0 Å². The molecule has 2 heterocycles. The molecule has 1 aromatic heterocycles. The Labute approximate surface area is 104 Å². The summed E-state index contributed by atoms with van der Waals surface area (Å²) in [5.74, 6) is 0.163. The minimum Gasteiger partial charge on any atom is -0.478 e. The highest BCUT2D eigenvalue weighted by Crippen LogP contribution is 2.12. The van der Waals surface area contributed by atoms with E-state index < -0.39 is 6.04 Å². The van der Waals surface area contributed by atoms with E-state index in [1.807, 2.05) is 6.92 Å². The van der Waals surface area contributed by atoms with Crippen LogP contribution >= 0.6 is 0 Å². The van der Waals surface area contributed by atoms with Gasteiger partial charge in [-0.25, -0.2) is 4.98 Å². The van der Waals surface area contributed by atoms with E-state index in [4.69, 9.17) is 4.74 Å². The van der Waals surface area contributed by atoms with Gasteiger partial charge < -0.3 is 10.1 Å². The molecule has 1 aromatic rings. The monoisotopic (exact) mass is 250 g/mol. The summed E-state index contributed by atoms with van der Waals surface area (Å²) in [5.41, 5.74) is 0. The average Bonchev–Trinajstić information content (AvgIpc) is 2.34. The second-order valence-electron chi connectivity index (χ2n) is 3.80. The van der Waals surface area contributed by atoms with Crippen molar-refractivity contribution in [1.82, 2.24) is 15.3 Å². The first-order valence-corrected chi connectivity index (χ1v) is 5.75. The molecule has 96 valence electrons. The van der Waals surface area contributed by atoms with Gasteiger partial charge in [-0.2, -0.15) is 4.98 Å². The fourth-order valence-corrected chi connectivity index (χ4v) is 1.63. The van der Waals surface area contributed by atoms with Crippen molar-refractivity contribution in [3.05, 3.63) is 12.3 Å². The molecule has 0 spiro atoms. The Hall–Kier alpha value is -2.18. The van der Waals surface area contributed by atoms with Crippen LogP contribution in [-0.4, -0.2) is 34.4 Å². The van der Waals surface area contributed by atoms with Crippen LogP contribution in [-0.2, 0) is 9.59 Å². The maximum absolute atomic E-state index is 11.5. The van der Waals surface area contributed by atoms with Crippen molar-refractivity contribution in [2.45, 2.75) is 25.8 Å². The van der Waals surface area contributed by atoms with Crippen LogP contribution in [0.1, 0.15) is 19.8 Å². The number of carbonyl (C=O) groups excluding carboxylic acids is 2. The normalized spacial score (nSPS) is 19.3. The second kappa shape index (κ2) is 5.44. The number of piperidine rings is 1. The van der Waals surface area contributed by atoms with Gasteiger partial charge in [-0.05, 0) is 13.3 Å². The molecule has 1 saturated heterocycles. The SMILES string of the molecule is CCOc1ccnc(NC2CCC(=O)NC2=O)n1. The van der Waals surface area contributed by atoms with Gasteiger partial charge in [0.05, 0.1) is 6.61 Å². The number of anilines is 1. The lowest BCUT2D eigenvalue weighted by atomic mass is 10.1. The largest absolute Gasteiger partial charge is 0.478 e. The molecule has 18 heavy (non-hydrogen) atoms. The van der Waals surface area contributed by atoms with Crippen LogP contribution in [0.2, 0.25) is 0 Å². The van der Waals surface area contributed by atoms with Gasteiger partial charge in [-0.15, -0.1) is 0 Å². The Bertz CT molecular complexity index is 463. The number of carbonyl (C=O) groups is 2. The van der Waals surface area contributed by atoms with E-state index in [2.05, 4.69) is 20.6 Å². The maximum Gasteiger partial charge on any atom is 0.249 e. The topological polar surface area (TPSA) is 93.2 Å². The van der Waals surface area contributed by atoms with Gasteiger partial charge in [0.1, 0.15) is 6.04 Å². The van der Waals surface area contributed by atoms with Crippen LogP contribution in [0.4, 0.5) is 5.95 Å². The Morgan fingerprint density at radius 1 is 1.56 bits per heavy atom. The van der Waals surface area contributed by atoms with E-state index in [-0.39, 0.29) is 11.8 Å². The highest BCUT2D eigenvalue weighted by molar-refractivity contribution is 6.01. The third kappa shape index (κ3) is 2.93. The smallest absolute Gasteiger partial charge is 0.249 e. The van der Waals surface area contributed by atoms with E-state index in [9.17, 15) is 9.59 Å². The van der Waals surface area contributed by atoms with E-state index in [1.54, 1.807) is 12.3 Å². The molecule has 7 nitrogen and oxygen atoms in total. The molecule has 0 bridgehead atoms. The lowest BCUT2D eigenvalue weighted by Gasteiger charge is -2.21. The molecule has 0 radical (unpaired) electrons. The molecule has 2 rings (SSSR count). The Kier molecular flexibility index (Phi) is 3.71. The highest BCUT2D eigenvalue weighted by Gasteiger charge is 2.26. The number of amides is 2. The summed E-state index contributed by atoms with van der Waals surface area (Å²) < 4.78 is 5.23. The summed E-state index contributed by atoms with van der Waals surface area (Å²) >= 11 is 0. The molecule has 2 N–H and O–H groups in total. The Morgan fingerprint density at radius 2 is 2.39 bits per heavy atom.